The minimum atomic E-state index is -4.34. The highest BCUT2D eigenvalue weighted by atomic mass is 32.2. The summed E-state index contributed by atoms with van der Waals surface area (Å²) in [6.07, 6.45) is -1.16. The van der Waals surface area contributed by atoms with Crippen LogP contribution >= 0.6 is 0 Å². The van der Waals surface area contributed by atoms with E-state index in [2.05, 4.69) is 14.8 Å². The summed E-state index contributed by atoms with van der Waals surface area (Å²) in [7, 11) is -2.96. The first kappa shape index (κ1) is 28.7. The van der Waals surface area contributed by atoms with Crippen LogP contribution in [0.5, 0.6) is 11.6 Å². The molecule has 1 amide bonds. The molecule has 2 fully saturated rings. The zero-order valence-corrected chi connectivity index (χ0v) is 23.6. The third kappa shape index (κ3) is 5.56. The van der Waals surface area contributed by atoms with Crippen LogP contribution in [0.3, 0.4) is 0 Å². The molecule has 2 aromatic heterocycles. The van der Waals surface area contributed by atoms with Gasteiger partial charge in [-0.25, -0.2) is 22.8 Å². The number of nitrogens with one attached hydrogen (secondary N) is 1. The van der Waals surface area contributed by atoms with Gasteiger partial charge in [0, 0.05) is 24.3 Å². The van der Waals surface area contributed by atoms with Gasteiger partial charge in [-0.3, -0.25) is 4.79 Å². The number of rotatable bonds is 9. The maximum atomic E-state index is 13.4. The molecule has 2 aliphatic rings. The predicted molar refractivity (Wildman–Crippen MR) is 143 cm³/mol. The van der Waals surface area contributed by atoms with Crippen molar-refractivity contribution in [2.24, 2.45) is 5.41 Å². The minimum absolute atomic E-state index is 0.00935. The van der Waals surface area contributed by atoms with Crippen molar-refractivity contribution in [2.75, 3.05) is 25.2 Å². The van der Waals surface area contributed by atoms with Gasteiger partial charge in [-0.05, 0) is 63.8 Å². The second kappa shape index (κ2) is 10.2. The molecule has 0 bridgehead atoms. The zero-order valence-electron chi connectivity index (χ0n) is 22.7. The highest BCUT2D eigenvalue weighted by Crippen LogP contribution is 2.57. The molecule has 0 atom stereocenters. The number of nitrogens with zero attached hydrogens (tertiary/aromatic N) is 4. The molecule has 1 aliphatic heterocycles. The molecule has 220 valence electrons. The van der Waals surface area contributed by atoms with Crippen molar-refractivity contribution in [1.82, 2.24) is 19.5 Å². The Morgan fingerprint density at radius 3 is 2.46 bits per heavy atom. The quantitative estimate of drug-likeness (QED) is 0.386. The van der Waals surface area contributed by atoms with Crippen molar-refractivity contribution in [1.29, 1.82) is 0 Å². The maximum absolute atomic E-state index is 13.4. The number of ether oxygens (including phenoxy) is 2. The number of hydrogen-bond donors (Lipinski definition) is 1. The first-order valence-electron chi connectivity index (χ1n) is 13.0. The molecule has 1 aromatic carbocycles. The van der Waals surface area contributed by atoms with Crippen LogP contribution in [0.15, 0.2) is 53.6 Å². The van der Waals surface area contributed by atoms with E-state index >= 15 is 0 Å². The minimum Gasteiger partial charge on any atom is -0.495 e. The van der Waals surface area contributed by atoms with Crippen LogP contribution in [0.2, 0.25) is 0 Å². The molecule has 14 heteroatoms. The third-order valence-electron chi connectivity index (χ3n) is 7.60. The number of para-hydroxylation sites is 1. The number of carbonyl (C=O) groups is 1. The van der Waals surface area contributed by atoms with E-state index in [9.17, 15) is 26.4 Å². The van der Waals surface area contributed by atoms with Gasteiger partial charge in [-0.15, -0.1) is 5.10 Å². The smallest absolute Gasteiger partial charge is 0.397 e. The van der Waals surface area contributed by atoms with Crippen molar-refractivity contribution in [3.63, 3.8) is 0 Å². The Bertz CT molecular complexity index is 1570. The summed E-state index contributed by atoms with van der Waals surface area (Å²) in [5, 5.41) is 4.23. The number of halogens is 3. The molecule has 1 N–H and O–H groups in total. The molecule has 1 saturated heterocycles. The van der Waals surface area contributed by atoms with Crippen LogP contribution in [-0.4, -0.2) is 61.1 Å². The van der Waals surface area contributed by atoms with Gasteiger partial charge in [-0.2, -0.15) is 13.2 Å². The molecule has 3 aromatic rings. The van der Waals surface area contributed by atoms with Gasteiger partial charge in [0.1, 0.15) is 28.5 Å². The molecule has 5 rings (SSSR count). The van der Waals surface area contributed by atoms with Crippen LogP contribution in [0.1, 0.15) is 49.9 Å². The van der Waals surface area contributed by atoms with Crippen molar-refractivity contribution in [3.05, 3.63) is 54.2 Å². The van der Waals surface area contributed by atoms with Crippen molar-refractivity contribution in [2.45, 2.75) is 56.1 Å². The highest BCUT2D eigenvalue weighted by molar-refractivity contribution is 7.90. The van der Waals surface area contributed by atoms with Gasteiger partial charge in [0.2, 0.25) is 5.88 Å². The molecular weight excluding hydrogens is 563 g/mol. The molecule has 0 unspecified atom stereocenters. The van der Waals surface area contributed by atoms with Crippen LogP contribution in [-0.2, 0) is 10.0 Å². The second-order valence-electron chi connectivity index (χ2n) is 10.9. The monoisotopic (exact) mass is 593 g/mol. The Morgan fingerprint density at radius 2 is 1.83 bits per heavy atom. The van der Waals surface area contributed by atoms with Crippen LogP contribution in [0, 0.1) is 5.41 Å². The van der Waals surface area contributed by atoms with Crippen molar-refractivity contribution >= 4 is 21.7 Å². The van der Waals surface area contributed by atoms with E-state index in [1.165, 1.54) is 54.4 Å². The summed E-state index contributed by atoms with van der Waals surface area (Å²) >= 11 is 0. The summed E-state index contributed by atoms with van der Waals surface area (Å²) in [6.45, 7) is 4.05. The molecule has 41 heavy (non-hydrogen) atoms. The lowest BCUT2D eigenvalue weighted by Gasteiger charge is -2.34. The topological polar surface area (TPSA) is 116 Å². The highest BCUT2D eigenvalue weighted by Gasteiger charge is 2.64. The number of anilines is 1. The van der Waals surface area contributed by atoms with E-state index in [-0.39, 0.29) is 52.1 Å². The van der Waals surface area contributed by atoms with Crippen LogP contribution in [0.4, 0.5) is 19.0 Å². The number of benzene rings is 1. The first-order chi connectivity index (χ1) is 19.3. The van der Waals surface area contributed by atoms with Crippen LogP contribution in [0.25, 0.3) is 5.82 Å². The number of aromatic nitrogens is 3. The molecule has 1 aliphatic carbocycles. The molecule has 10 nitrogen and oxygen atoms in total. The second-order valence-corrected chi connectivity index (χ2v) is 12.5. The van der Waals surface area contributed by atoms with E-state index in [0.717, 1.165) is 12.8 Å². The van der Waals surface area contributed by atoms with Gasteiger partial charge >= 0.3 is 6.18 Å². The SMILES string of the molecule is COc1ccccc1S(=O)(=O)NC(=O)c1ccc(-n2ccc(OCC3(C(F)(F)F)CC3)n2)nc1N1CCCC1(C)C. The lowest BCUT2D eigenvalue weighted by atomic mass is 10.0. The molecule has 0 spiro atoms. The fraction of sp³-hybridized carbons (Fsp3) is 0.444. The van der Waals surface area contributed by atoms with E-state index in [0.29, 0.717) is 6.54 Å². The predicted octanol–water partition coefficient (Wildman–Crippen LogP) is 4.49. The number of alkyl halides is 3. The van der Waals surface area contributed by atoms with Crippen molar-refractivity contribution < 1.29 is 35.9 Å². The Balaban J connectivity index is 1.44. The van der Waals surface area contributed by atoms with Gasteiger partial charge < -0.3 is 14.4 Å². The van der Waals surface area contributed by atoms with Crippen LogP contribution < -0.4 is 19.1 Å². The molecular formula is C27H30F3N5O5S. The summed E-state index contributed by atoms with van der Waals surface area (Å²) in [6, 6.07) is 10.3. The van der Waals surface area contributed by atoms with E-state index < -0.39 is 34.1 Å². The van der Waals surface area contributed by atoms with E-state index in [1.807, 2.05) is 18.7 Å². The Labute approximate surface area is 235 Å². The Kier molecular flexibility index (Phi) is 7.16. The normalized spacial score (nSPS) is 17.8. The summed E-state index contributed by atoms with van der Waals surface area (Å²) < 4.78 is 80.0. The number of carbonyl (C=O) groups excluding carboxylic acids is 1. The molecule has 1 saturated carbocycles. The molecule has 0 radical (unpaired) electrons. The number of hydrogen-bond acceptors (Lipinski definition) is 8. The maximum Gasteiger partial charge on any atom is 0.397 e. The fourth-order valence-electron chi connectivity index (χ4n) is 4.91. The lowest BCUT2D eigenvalue weighted by molar-refractivity contribution is -0.194. The number of pyridine rings is 1. The number of sulfonamides is 1. The summed E-state index contributed by atoms with van der Waals surface area (Å²) in [5.41, 5.74) is -2.17. The first-order valence-corrected chi connectivity index (χ1v) is 14.5. The third-order valence-corrected chi connectivity index (χ3v) is 8.97. The van der Waals surface area contributed by atoms with Gasteiger partial charge in [0.25, 0.3) is 15.9 Å². The van der Waals surface area contributed by atoms with Crippen molar-refractivity contribution in [3.8, 4) is 17.4 Å². The van der Waals surface area contributed by atoms with Gasteiger partial charge in [0.05, 0.1) is 12.7 Å². The largest absolute Gasteiger partial charge is 0.495 e. The zero-order chi connectivity index (χ0) is 29.6. The number of methoxy groups -OCH3 is 1. The Morgan fingerprint density at radius 1 is 1.10 bits per heavy atom. The van der Waals surface area contributed by atoms with Gasteiger partial charge in [-0.1, -0.05) is 12.1 Å². The average molecular weight is 594 g/mol. The lowest BCUT2D eigenvalue weighted by Crippen LogP contribution is -2.41. The van der Waals surface area contributed by atoms with E-state index in [4.69, 9.17) is 9.47 Å². The van der Waals surface area contributed by atoms with Gasteiger partial charge in [0.15, 0.2) is 5.82 Å². The fourth-order valence-corrected chi connectivity index (χ4v) is 6.04. The number of amides is 1. The molecule has 3 heterocycles. The van der Waals surface area contributed by atoms with E-state index in [1.54, 1.807) is 6.07 Å². The Hall–Kier alpha value is -3.81. The summed E-state index contributed by atoms with van der Waals surface area (Å²) in [4.78, 5) is 19.8. The summed E-state index contributed by atoms with van der Waals surface area (Å²) in [5.74, 6) is -0.251. The standard InChI is InChI=1S/C27H30F3N5O5S/c1-25(2)12-6-15-34(25)23-18(24(36)33-41(37,38)20-8-5-4-7-19(20)39-3)9-10-21(31-23)35-16-11-22(32-35)40-17-26(13-14-26)27(28,29)30/h4-5,7-11,16H,6,12-15,17H2,1-3H3,(H,33,36). The average Bonchev–Trinajstić information content (AvgIpc) is 3.44.